The van der Waals surface area contributed by atoms with Gasteiger partial charge in [-0.1, -0.05) is 0 Å². The second-order valence-electron chi connectivity index (χ2n) is 4.49. The summed E-state index contributed by atoms with van der Waals surface area (Å²) in [5.74, 6) is 0.547. The van der Waals surface area contributed by atoms with Crippen LogP contribution in [0.3, 0.4) is 0 Å². The van der Waals surface area contributed by atoms with Gasteiger partial charge in [-0.25, -0.2) is 0 Å². The maximum Gasteiger partial charge on any atom is 0.223 e. The average molecular weight is 212 g/mol. The normalized spacial score (nSPS) is 30.5. The lowest BCUT2D eigenvalue weighted by molar-refractivity contribution is -0.122. The Morgan fingerprint density at radius 2 is 2.13 bits per heavy atom. The lowest BCUT2D eigenvalue weighted by Gasteiger charge is -2.15. The fraction of sp³-hybridized carbons (Fsp3) is 0.909. The quantitative estimate of drug-likeness (QED) is 0.644. The van der Waals surface area contributed by atoms with Crippen molar-refractivity contribution in [2.45, 2.75) is 38.3 Å². The standard InChI is InChI=1S/C11H20N2O2/c1-8-10(4-7-15-8)12-5-6-13-11(14)9-2-3-9/h8-10,12H,2-7H2,1H3,(H,13,14). The zero-order valence-corrected chi connectivity index (χ0v) is 9.29. The lowest BCUT2D eigenvalue weighted by atomic mass is 10.1. The van der Waals surface area contributed by atoms with Gasteiger partial charge in [-0.05, 0) is 26.2 Å². The number of ether oxygens (including phenoxy) is 1. The highest BCUT2D eigenvalue weighted by atomic mass is 16.5. The predicted molar refractivity (Wildman–Crippen MR) is 57.6 cm³/mol. The van der Waals surface area contributed by atoms with Crippen molar-refractivity contribution < 1.29 is 9.53 Å². The van der Waals surface area contributed by atoms with Crippen LogP contribution in [0.15, 0.2) is 0 Å². The molecule has 2 fully saturated rings. The van der Waals surface area contributed by atoms with Gasteiger partial charge in [0.2, 0.25) is 5.91 Å². The first kappa shape index (κ1) is 10.9. The molecule has 2 N–H and O–H groups in total. The van der Waals surface area contributed by atoms with Crippen LogP contribution in [0.1, 0.15) is 26.2 Å². The minimum atomic E-state index is 0.229. The van der Waals surface area contributed by atoms with Crippen LogP contribution in [-0.4, -0.2) is 37.7 Å². The van der Waals surface area contributed by atoms with Gasteiger partial charge in [0.05, 0.1) is 6.10 Å². The molecule has 1 saturated carbocycles. The molecule has 4 nitrogen and oxygen atoms in total. The molecule has 0 spiro atoms. The molecule has 1 saturated heterocycles. The molecule has 0 aromatic carbocycles. The third-order valence-corrected chi connectivity index (χ3v) is 3.16. The van der Waals surface area contributed by atoms with Gasteiger partial charge in [0.25, 0.3) is 0 Å². The van der Waals surface area contributed by atoms with Crippen LogP contribution in [0.25, 0.3) is 0 Å². The molecule has 86 valence electrons. The van der Waals surface area contributed by atoms with Crippen LogP contribution in [0.4, 0.5) is 0 Å². The molecule has 0 bridgehead atoms. The van der Waals surface area contributed by atoms with E-state index < -0.39 is 0 Å². The molecule has 1 aliphatic heterocycles. The second-order valence-corrected chi connectivity index (χ2v) is 4.49. The van der Waals surface area contributed by atoms with E-state index >= 15 is 0 Å². The van der Waals surface area contributed by atoms with E-state index in [1.54, 1.807) is 0 Å². The van der Waals surface area contributed by atoms with Crippen LogP contribution < -0.4 is 10.6 Å². The molecule has 2 rings (SSSR count). The maximum absolute atomic E-state index is 11.3. The minimum absolute atomic E-state index is 0.229. The Balaban J connectivity index is 1.52. The van der Waals surface area contributed by atoms with Crippen LogP contribution in [-0.2, 0) is 9.53 Å². The van der Waals surface area contributed by atoms with Gasteiger partial charge in [0.1, 0.15) is 0 Å². The summed E-state index contributed by atoms with van der Waals surface area (Å²) in [5.41, 5.74) is 0. The van der Waals surface area contributed by atoms with Gasteiger partial charge >= 0.3 is 0 Å². The van der Waals surface area contributed by atoms with Crippen molar-refractivity contribution in [1.82, 2.24) is 10.6 Å². The van der Waals surface area contributed by atoms with E-state index in [-0.39, 0.29) is 5.91 Å². The molecule has 1 aliphatic carbocycles. The first-order valence-electron chi connectivity index (χ1n) is 5.90. The van der Waals surface area contributed by atoms with E-state index in [4.69, 9.17) is 4.74 Å². The average Bonchev–Trinajstić information content (AvgIpc) is 2.99. The molecular weight excluding hydrogens is 192 g/mol. The van der Waals surface area contributed by atoms with Gasteiger partial charge in [-0.15, -0.1) is 0 Å². The maximum atomic E-state index is 11.3. The van der Waals surface area contributed by atoms with E-state index in [2.05, 4.69) is 17.6 Å². The first-order valence-corrected chi connectivity index (χ1v) is 5.90. The summed E-state index contributed by atoms with van der Waals surface area (Å²) in [7, 11) is 0. The van der Waals surface area contributed by atoms with E-state index in [1.165, 1.54) is 0 Å². The highest BCUT2D eigenvalue weighted by molar-refractivity contribution is 5.80. The summed E-state index contributed by atoms with van der Waals surface area (Å²) >= 11 is 0. The third kappa shape index (κ3) is 3.18. The molecule has 2 atom stereocenters. The summed E-state index contributed by atoms with van der Waals surface area (Å²) < 4.78 is 5.44. The molecule has 15 heavy (non-hydrogen) atoms. The van der Waals surface area contributed by atoms with Crippen molar-refractivity contribution >= 4 is 5.91 Å². The molecule has 2 aliphatic rings. The predicted octanol–water partition coefficient (Wildman–Crippen LogP) is 0.280. The Labute approximate surface area is 90.8 Å². The number of nitrogens with one attached hydrogen (secondary N) is 2. The van der Waals surface area contributed by atoms with Crippen LogP contribution >= 0.6 is 0 Å². The highest BCUT2D eigenvalue weighted by Gasteiger charge is 2.29. The third-order valence-electron chi connectivity index (χ3n) is 3.16. The number of hydrogen-bond donors (Lipinski definition) is 2. The van der Waals surface area contributed by atoms with Gasteiger partial charge in [0.15, 0.2) is 0 Å². The second kappa shape index (κ2) is 4.94. The molecule has 1 amide bonds. The Hall–Kier alpha value is -0.610. The number of carbonyl (C=O) groups excluding carboxylic acids is 1. The van der Waals surface area contributed by atoms with E-state index in [0.717, 1.165) is 39.0 Å². The summed E-state index contributed by atoms with van der Waals surface area (Å²) in [5, 5.41) is 6.35. The zero-order chi connectivity index (χ0) is 10.7. The number of rotatable bonds is 5. The summed E-state index contributed by atoms with van der Waals surface area (Å²) in [6.07, 6.45) is 3.54. The molecular formula is C11H20N2O2. The van der Waals surface area contributed by atoms with Gasteiger partial charge in [0, 0.05) is 31.7 Å². The topological polar surface area (TPSA) is 50.4 Å². The number of carbonyl (C=O) groups is 1. The smallest absolute Gasteiger partial charge is 0.223 e. The van der Waals surface area contributed by atoms with Crippen LogP contribution in [0.5, 0.6) is 0 Å². The Morgan fingerprint density at radius 1 is 1.33 bits per heavy atom. The largest absolute Gasteiger partial charge is 0.377 e. The van der Waals surface area contributed by atoms with Crippen molar-refractivity contribution in [2.75, 3.05) is 19.7 Å². The van der Waals surface area contributed by atoms with E-state index in [0.29, 0.717) is 18.1 Å². The monoisotopic (exact) mass is 212 g/mol. The van der Waals surface area contributed by atoms with Gasteiger partial charge in [-0.3, -0.25) is 4.79 Å². The molecule has 0 radical (unpaired) electrons. The van der Waals surface area contributed by atoms with Crippen molar-refractivity contribution in [3.8, 4) is 0 Å². The Kier molecular flexibility index (Phi) is 3.59. The summed E-state index contributed by atoms with van der Waals surface area (Å²) in [6.45, 7) is 4.52. The fourth-order valence-corrected chi connectivity index (χ4v) is 1.93. The van der Waals surface area contributed by atoms with Crippen molar-refractivity contribution in [2.24, 2.45) is 5.92 Å². The minimum Gasteiger partial charge on any atom is -0.377 e. The Morgan fingerprint density at radius 3 is 2.73 bits per heavy atom. The number of amides is 1. The zero-order valence-electron chi connectivity index (χ0n) is 9.29. The molecule has 1 heterocycles. The van der Waals surface area contributed by atoms with Crippen LogP contribution in [0.2, 0.25) is 0 Å². The van der Waals surface area contributed by atoms with Crippen molar-refractivity contribution in [3.05, 3.63) is 0 Å². The van der Waals surface area contributed by atoms with E-state index in [9.17, 15) is 4.79 Å². The van der Waals surface area contributed by atoms with E-state index in [1.807, 2.05) is 0 Å². The first-order chi connectivity index (χ1) is 7.27. The SMILES string of the molecule is CC1OCCC1NCCNC(=O)C1CC1. The Bertz CT molecular complexity index is 229. The lowest BCUT2D eigenvalue weighted by Crippen LogP contribution is -2.40. The summed E-state index contributed by atoms with van der Waals surface area (Å²) in [4.78, 5) is 11.3. The van der Waals surface area contributed by atoms with Crippen molar-refractivity contribution in [1.29, 1.82) is 0 Å². The van der Waals surface area contributed by atoms with Gasteiger partial charge < -0.3 is 15.4 Å². The molecule has 2 unspecified atom stereocenters. The molecule has 4 heteroatoms. The molecule has 0 aromatic heterocycles. The highest BCUT2D eigenvalue weighted by Crippen LogP contribution is 2.28. The molecule has 0 aromatic rings. The number of hydrogen-bond acceptors (Lipinski definition) is 3. The van der Waals surface area contributed by atoms with Crippen molar-refractivity contribution in [3.63, 3.8) is 0 Å². The van der Waals surface area contributed by atoms with Gasteiger partial charge in [-0.2, -0.15) is 0 Å². The fourth-order valence-electron chi connectivity index (χ4n) is 1.93. The summed E-state index contributed by atoms with van der Waals surface area (Å²) in [6, 6.07) is 0.461. The van der Waals surface area contributed by atoms with Crippen LogP contribution in [0, 0.1) is 5.92 Å².